The number of anilines is 1. The van der Waals surface area contributed by atoms with Crippen LogP contribution in [0.15, 0.2) is 42.0 Å². The topological polar surface area (TPSA) is 49.4 Å². The molecular weight excluding hydrogens is 394 g/mol. The molecule has 3 rings (SSSR count). The lowest BCUT2D eigenvalue weighted by atomic mass is 10.1. The van der Waals surface area contributed by atoms with Gasteiger partial charge in [-0.1, -0.05) is 52.5 Å². The summed E-state index contributed by atoms with van der Waals surface area (Å²) < 4.78 is 0. The monoisotopic (exact) mass is 400 g/mol. The van der Waals surface area contributed by atoms with Crippen LogP contribution < -0.4 is 10.4 Å². The molecule has 1 heterocycles. The third-order valence-electron chi connectivity index (χ3n) is 3.32. The first-order valence-corrected chi connectivity index (χ1v) is 8.15. The smallest absolute Gasteiger partial charge is 0.267 e. The van der Waals surface area contributed by atoms with Crippen molar-refractivity contribution in [2.45, 2.75) is 0 Å². The van der Waals surface area contributed by atoms with Crippen LogP contribution in [0.25, 0.3) is 6.08 Å². The van der Waals surface area contributed by atoms with Crippen molar-refractivity contribution in [1.82, 2.24) is 5.43 Å². The highest BCUT2D eigenvalue weighted by Crippen LogP contribution is 2.30. The zero-order chi connectivity index (χ0) is 17.4. The van der Waals surface area contributed by atoms with Gasteiger partial charge >= 0.3 is 0 Å². The zero-order valence-corrected chi connectivity index (χ0v) is 14.8. The maximum Gasteiger partial charge on any atom is 0.282 e. The molecule has 2 aromatic carbocycles. The van der Waals surface area contributed by atoms with Gasteiger partial charge in [0.25, 0.3) is 11.8 Å². The van der Waals surface area contributed by atoms with E-state index in [2.05, 4.69) is 5.43 Å². The molecule has 0 bridgehead atoms. The average Bonchev–Trinajstić information content (AvgIpc) is 2.80. The number of nitrogens with zero attached hydrogens (tertiary/aromatic N) is 1. The third-order valence-corrected chi connectivity index (χ3v) is 4.62. The van der Waals surface area contributed by atoms with Crippen LogP contribution >= 0.6 is 46.4 Å². The van der Waals surface area contributed by atoms with E-state index >= 15 is 0 Å². The van der Waals surface area contributed by atoms with Crippen LogP contribution in [0.3, 0.4) is 0 Å². The lowest BCUT2D eigenvalue weighted by Crippen LogP contribution is -2.35. The summed E-state index contributed by atoms with van der Waals surface area (Å²) in [6.07, 6.45) is 1.41. The first-order valence-electron chi connectivity index (χ1n) is 6.64. The molecule has 24 heavy (non-hydrogen) atoms. The molecule has 0 unspecified atom stereocenters. The van der Waals surface area contributed by atoms with E-state index in [0.717, 1.165) is 5.01 Å². The van der Waals surface area contributed by atoms with Crippen molar-refractivity contribution in [3.8, 4) is 0 Å². The number of nitrogens with one attached hydrogen (secondary N) is 1. The van der Waals surface area contributed by atoms with Crippen molar-refractivity contribution in [2.75, 3.05) is 5.01 Å². The fraction of sp³-hybridized carbons (Fsp3) is 0. The second-order valence-corrected chi connectivity index (χ2v) is 6.56. The van der Waals surface area contributed by atoms with E-state index in [9.17, 15) is 9.59 Å². The molecule has 122 valence electrons. The summed E-state index contributed by atoms with van der Waals surface area (Å²) in [7, 11) is 0. The van der Waals surface area contributed by atoms with Gasteiger partial charge in [0, 0.05) is 10.0 Å². The minimum Gasteiger partial charge on any atom is -0.267 e. The summed E-state index contributed by atoms with van der Waals surface area (Å²) in [5, 5.41) is 2.52. The van der Waals surface area contributed by atoms with Gasteiger partial charge in [-0.15, -0.1) is 0 Å². The summed E-state index contributed by atoms with van der Waals surface area (Å²) in [6.45, 7) is 0. The molecule has 1 N–H and O–H groups in total. The van der Waals surface area contributed by atoms with Gasteiger partial charge in [0.15, 0.2) is 0 Å². The van der Waals surface area contributed by atoms with Crippen LogP contribution in [0.4, 0.5) is 5.69 Å². The summed E-state index contributed by atoms with van der Waals surface area (Å²) >= 11 is 23.7. The van der Waals surface area contributed by atoms with Crippen molar-refractivity contribution < 1.29 is 9.59 Å². The predicted octanol–water partition coefficient (Wildman–Crippen LogP) is 4.76. The Labute approximate surface area is 157 Å². The Morgan fingerprint density at radius 3 is 2.29 bits per heavy atom. The SMILES string of the molecule is O=C1NN(c2ccc(Cl)c(Cl)c2)C(=O)/C1=C/c1ccc(Cl)cc1Cl. The second-order valence-electron chi connectivity index (χ2n) is 4.90. The Kier molecular flexibility index (Phi) is 4.74. The van der Waals surface area contributed by atoms with Gasteiger partial charge in [0.1, 0.15) is 5.57 Å². The van der Waals surface area contributed by atoms with Crippen molar-refractivity contribution in [3.05, 3.63) is 67.6 Å². The molecule has 0 aliphatic carbocycles. The fourth-order valence-corrected chi connectivity index (χ4v) is 2.89. The summed E-state index contributed by atoms with van der Waals surface area (Å²) in [6, 6.07) is 9.37. The van der Waals surface area contributed by atoms with Gasteiger partial charge in [0.2, 0.25) is 0 Å². The van der Waals surface area contributed by atoms with Gasteiger partial charge in [0.05, 0.1) is 15.7 Å². The van der Waals surface area contributed by atoms with E-state index < -0.39 is 11.8 Å². The molecule has 1 aliphatic rings. The molecule has 0 radical (unpaired) electrons. The van der Waals surface area contributed by atoms with Gasteiger partial charge in [-0.05, 0) is 42.0 Å². The summed E-state index contributed by atoms with van der Waals surface area (Å²) in [4.78, 5) is 24.7. The molecule has 0 spiro atoms. The van der Waals surface area contributed by atoms with E-state index in [4.69, 9.17) is 46.4 Å². The minimum atomic E-state index is -0.544. The number of hydrazine groups is 1. The predicted molar refractivity (Wildman–Crippen MR) is 96.5 cm³/mol. The Morgan fingerprint density at radius 2 is 1.62 bits per heavy atom. The standard InChI is InChI=1S/C16H8Cl4N2O2/c17-9-2-1-8(13(19)6-9)5-11-15(23)21-22(16(11)24)10-3-4-12(18)14(20)7-10/h1-7H,(H,21,23)/b11-5+. The first kappa shape index (κ1) is 17.1. The normalized spacial score (nSPS) is 16.0. The van der Waals surface area contributed by atoms with Gasteiger partial charge < -0.3 is 0 Å². The number of halogens is 4. The highest BCUT2D eigenvalue weighted by Gasteiger charge is 2.34. The number of carbonyl (C=O) groups is 2. The minimum absolute atomic E-state index is 0.0507. The molecule has 0 aromatic heterocycles. The molecule has 1 aliphatic heterocycles. The molecule has 4 nitrogen and oxygen atoms in total. The van der Waals surface area contributed by atoms with Crippen LogP contribution in [-0.2, 0) is 9.59 Å². The summed E-state index contributed by atoms with van der Waals surface area (Å²) in [5.74, 6) is -1.07. The average molecular weight is 402 g/mol. The highest BCUT2D eigenvalue weighted by atomic mass is 35.5. The van der Waals surface area contributed by atoms with Crippen molar-refractivity contribution in [1.29, 1.82) is 0 Å². The largest absolute Gasteiger partial charge is 0.282 e. The second kappa shape index (κ2) is 6.65. The maximum atomic E-state index is 12.5. The van der Waals surface area contributed by atoms with Crippen LogP contribution in [-0.4, -0.2) is 11.8 Å². The van der Waals surface area contributed by atoms with E-state index in [0.29, 0.717) is 26.3 Å². The number of amides is 2. The van der Waals surface area contributed by atoms with Crippen molar-refractivity contribution >= 4 is 70.0 Å². The number of hydrogen-bond acceptors (Lipinski definition) is 2. The molecular formula is C16H8Cl4N2O2. The van der Waals surface area contributed by atoms with Gasteiger partial charge in [-0.25, -0.2) is 5.01 Å². The molecule has 0 saturated carbocycles. The first-order chi connectivity index (χ1) is 11.4. The van der Waals surface area contributed by atoms with Crippen molar-refractivity contribution in [3.63, 3.8) is 0 Å². The number of rotatable bonds is 2. The quantitative estimate of drug-likeness (QED) is 0.582. The van der Waals surface area contributed by atoms with Crippen LogP contribution in [0.5, 0.6) is 0 Å². The van der Waals surface area contributed by atoms with Crippen LogP contribution in [0.2, 0.25) is 20.1 Å². The molecule has 8 heteroatoms. The number of hydrogen-bond donors (Lipinski definition) is 1. The molecule has 2 amide bonds. The maximum absolute atomic E-state index is 12.5. The fourth-order valence-electron chi connectivity index (χ4n) is 2.14. The lowest BCUT2D eigenvalue weighted by Gasteiger charge is -2.15. The van der Waals surface area contributed by atoms with Crippen molar-refractivity contribution in [2.24, 2.45) is 0 Å². The van der Waals surface area contributed by atoms with E-state index in [-0.39, 0.29) is 10.6 Å². The molecule has 2 aromatic rings. The number of benzene rings is 2. The lowest BCUT2D eigenvalue weighted by molar-refractivity contribution is -0.117. The van der Waals surface area contributed by atoms with E-state index in [1.807, 2.05) is 0 Å². The Bertz CT molecular complexity index is 896. The molecule has 1 fully saturated rings. The Hall–Kier alpha value is -1.72. The third kappa shape index (κ3) is 3.23. The number of carbonyl (C=O) groups excluding carboxylic acids is 2. The molecule has 0 atom stereocenters. The highest BCUT2D eigenvalue weighted by molar-refractivity contribution is 6.42. The van der Waals surface area contributed by atoms with E-state index in [1.54, 1.807) is 18.2 Å². The molecule has 1 saturated heterocycles. The Morgan fingerprint density at radius 1 is 0.875 bits per heavy atom. The van der Waals surface area contributed by atoms with Crippen LogP contribution in [0, 0.1) is 0 Å². The van der Waals surface area contributed by atoms with E-state index in [1.165, 1.54) is 24.3 Å². The Balaban J connectivity index is 1.97. The van der Waals surface area contributed by atoms with Gasteiger partial charge in [-0.3, -0.25) is 15.0 Å². The summed E-state index contributed by atoms with van der Waals surface area (Å²) in [5.41, 5.74) is 3.33. The van der Waals surface area contributed by atoms with Gasteiger partial charge in [-0.2, -0.15) is 0 Å². The zero-order valence-electron chi connectivity index (χ0n) is 11.8. The van der Waals surface area contributed by atoms with Crippen LogP contribution in [0.1, 0.15) is 5.56 Å².